The van der Waals surface area contributed by atoms with Gasteiger partial charge in [0.1, 0.15) is 0 Å². The SMILES string of the molecule is CCOC(=O)C(C(=O)OCC)C(C)(O)CC(C)C. The molecule has 0 bridgehead atoms. The molecule has 1 N–H and O–H groups in total. The molecule has 0 aromatic rings. The van der Waals surface area contributed by atoms with Gasteiger partial charge in [-0.2, -0.15) is 0 Å². The lowest BCUT2D eigenvalue weighted by molar-refractivity contribution is -0.174. The summed E-state index contributed by atoms with van der Waals surface area (Å²) in [5.74, 6) is -2.62. The number of carbonyl (C=O) groups is 2. The predicted molar refractivity (Wildman–Crippen MR) is 66.8 cm³/mol. The lowest BCUT2D eigenvalue weighted by Gasteiger charge is -2.31. The van der Waals surface area contributed by atoms with Gasteiger partial charge in [0.2, 0.25) is 0 Å². The number of carbonyl (C=O) groups excluding carboxylic acids is 2. The molecule has 0 aliphatic heterocycles. The Balaban J connectivity index is 5.06. The lowest BCUT2D eigenvalue weighted by Crippen LogP contribution is -2.47. The second-order valence-electron chi connectivity index (χ2n) is 4.89. The minimum atomic E-state index is -1.47. The van der Waals surface area contributed by atoms with E-state index in [1.807, 2.05) is 13.8 Å². The van der Waals surface area contributed by atoms with Gasteiger partial charge in [-0.3, -0.25) is 9.59 Å². The first-order valence-electron chi connectivity index (χ1n) is 6.31. The quantitative estimate of drug-likeness (QED) is 0.555. The Morgan fingerprint density at radius 1 is 1.11 bits per heavy atom. The van der Waals surface area contributed by atoms with Crippen LogP contribution in [0.5, 0.6) is 0 Å². The van der Waals surface area contributed by atoms with Crippen LogP contribution in [0.25, 0.3) is 0 Å². The van der Waals surface area contributed by atoms with E-state index in [-0.39, 0.29) is 19.1 Å². The number of esters is 2. The van der Waals surface area contributed by atoms with E-state index in [0.29, 0.717) is 6.42 Å². The van der Waals surface area contributed by atoms with Crippen LogP contribution >= 0.6 is 0 Å². The normalized spacial score (nSPS) is 14.4. The third-order valence-corrected chi connectivity index (χ3v) is 2.49. The first-order chi connectivity index (χ1) is 8.26. The van der Waals surface area contributed by atoms with Crippen molar-refractivity contribution in [3.8, 4) is 0 Å². The summed E-state index contributed by atoms with van der Waals surface area (Å²) in [5.41, 5.74) is -1.47. The highest BCUT2D eigenvalue weighted by Gasteiger charge is 2.45. The third kappa shape index (κ3) is 5.04. The molecule has 1 unspecified atom stereocenters. The van der Waals surface area contributed by atoms with E-state index < -0.39 is 23.5 Å². The fraction of sp³-hybridized carbons (Fsp3) is 0.846. The van der Waals surface area contributed by atoms with Crippen molar-refractivity contribution in [3.63, 3.8) is 0 Å². The van der Waals surface area contributed by atoms with Gasteiger partial charge in [0, 0.05) is 0 Å². The van der Waals surface area contributed by atoms with Crippen LogP contribution in [0.3, 0.4) is 0 Å². The van der Waals surface area contributed by atoms with E-state index in [4.69, 9.17) is 9.47 Å². The molecular weight excluding hydrogens is 236 g/mol. The number of hydrogen-bond donors (Lipinski definition) is 1. The van der Waals surface area contributed by atoms with Gasteiger partial charge in [-0.1, -0.05) is 13.8 Å². The topological polar surface area (TPSA) is 72.8 Å². The first-order valence-corrected chi connectivity index (χ1v) is 6.31. The Labute approximate surface area is 108 Å². The second-order valence-corrected chi connectivity index (χ2v) is 4.89. The average Bonchev–Trinajstić information content (AvgIpc) is 2.15. The highest BCUT2D eigenvalue weighted by molar-refractivity contribution is 5.96. The van der Waals surface area contributed by atoms with E-state index >= 15 is 0 Å². The average molecular weight is 260 g/mol. The number of rotatable bonds is 7. The summed E-state index contributed by atoms with van der Waals surface area (Å²) >= 11 is 0. The van der Waals surface area contributed by atoms with E-state index in [1.165, 1.54) is 6.92 Å². The smallest absolute Gasteiger partial charge is 0.323 e. The molecule has 0 spiro atoms. The molecule has 5 heteroatoms. The zero-order valence-corrected chi connectivity index (χ0v) is 11.9. The molecule has 0 radical (unpaired) electrons. The Morgan fingerprint density at radius 3 is 1.78 bits per heavy atom. The van der Waals surface area contributed by atoms with Gasteiger partial charge in [0.25, 0.3) is 0 Å². The predicted octanol–water partition coefficient (Wildman–Crippen LogP) is 1.53. The molecule has 0 saturated heterocycles. The second kappa shape index (κ2) is 7.36. The van der Waals surface area contributed by atoms with E-state index in [9.17, 15) is 14.7 Å². The van der Waals surface area contributed by atoms with Crippen LogP contribution in [0.2, 0.25) is 0 Å². The molecule has 1 atom stereocenters. The Hall–Kier alpha value is -1.10. The molecule has 0 rings (SSSR count). The highest BCUT2D eigenvalue weighted by Crippen LogP contribution is 2.27. The molecule has 106 valence electrons. The molecule has 0 aromatic heterocycles. The van der Waals surface area contributed by atoms with Crippen molar-refractivity contribution in [2.24, 2.45) is 11.8 Å². The Kier molecular flexibility index (Phi) is 6.91. The molecule has 0 aliphatic rings. The van der Waals surface area contributed by atoms with Crippen LogP contribution in [0, 0.1) is 11.8 Å². The molecule has 0 saturated carbocycles. The summed E-state index contributed by atoms with van der Waals surface area (Å²) in [6.07, 6.45) is 0.315. The van der Waals surface area contributed by atoms with Crippen molar-refractivity contribution in [2.45, 2.75) is 46.6 Å². The van der Waals surface area contributed by atoms with Gasteiger partial charge in [-0.25, -0.2) is 0 Å². The van der Waals surface area contributed by atoms with Gasteiger partial charge in [-0.15, -0.1) is 0 Å². The fourth-order valence-electron chi connectivity index (χ4n) is 2.00. The maximum Gasteiger partial charge on any atom is 0.323 e. The van der Waals surface area contributed by atoms with Gasteiger partial charge >= 0.3 is 11.9 Å². The van der Waals surface area contributed by atoms with Crippen LogP contribution in [-0.4, -0.2) is 35.9 Å². The standard InChI is InChI=1S/C13H24O5/c1-6-17-11(14)10(12(15)18-7-2)13(5,16)8-9(3)4/h9-10,16H,6-8H2,1-5H3. The molecule has 0 heterocycles. The third-order valence-electron chi connectivity index (χ3n) is 2.49. The Morgan fingerprint density at radius 2 is 1.50 bits per heavy atom. The van der Waals surface area contributed by atoms with Crippen molar-refractivity contribution in [3.05, 3.63) is 0 Å². The maximum absolute atomic E-state index is 11.8. The summed E-state index contributed by atoms with van der Waals surface area (Å²) < 4.78 is 9.68. The number of hydrogen-bond acceptors (Lipinski definition) is 5. The fourth-order valence-corrected chi connectivity index (χ4v) is 2.00. The maximum atomic E-state index is 11.8. The van der Waals surface area contributed by atoms with Crippen molar-refractivity contribution in [2.75, 3.05) is 13.2 Å². The summed E-state index contributed by atoms with van der Waals surface area (Å²) in [7, 11) is 0. The summed E-state index contributed by atoms with van der Waals surface area (Å²) in [5, 5.41) is 10.3. The summed E-state index contributed by atoms with van der Waals surface area (Å²) in [4.78, 5) is 23.6. The minimum absolute atomic E-state index is 0.145. The molecule has 0 amide bonds. The van der Waals surface area contributed by atoms with Crippen molar-refractivity contribution >= 4 is 11.9 Å². The van der Waals surface area contributed by atoms with Crippen molar-refractivity contribution < 1.29 is 24.2 Å². The van der Waals surface area contributed by atoms with E-state index in [1.54, 1.807) is 13.8 Å². The van der Waals surface area contributed by atoms with Gasteiger partial charge < -0.3 is 14.6 Å². The first kappa shape index (κ1) is 16.9. The van der Waals surface area contributed by atoms with Gasteiger partial charge in [-0.05, 0) is 33.1 Å². The summed E-state index contributed by atoms with van der Waals surface area (Å²) in [6.45, 7) is 8.89. The van der Waals surface area contributed by atoms with Crippen LogP contribution in [0.4, 0.5) is 0 Å². The molecule has 0 aliphatic carbocycles. The molecule has 5 nitrogen and oxygen atoms in total. The largest absolute Gasteiger partial charge is 0.465 e. The molecule has 18 heavy (non-hydrogen) atoms. The van der Waals surface area contributed by atoms with Crippen LogP contribution < -0.4 is 0 Å². The lowest BCUT2D eigenvalue weighted by atomic mass is 9.82. The number of aliphatic hydroxyl groups is 1. The monoisotopic (exact) mass is 260 g/mol. The van der Waals surface area contributed by atoms with Crippen molar-refractivity contribution in [1.82, 2.24) is 0 Å². The molecule has 0 fully saturated rings. The highest BCUT2D eigenvalue weighted by atomic mass is 16.6. The number of ether oxygens (including phenoxy) is 2. The minimum Gasteiger partial charge on any atom is -0.465 e. The van der Waals surface area contributed by atoms with Crippen LogP contribution in [0.1, 0.15) is 41.0 Å². The van der Waals surface area contributed by atoms with Crippen LogP contribution in [-0.2, 0) is 19.1 Å². The summed E-state index contributed by atoms with van der Waals surface area (Å²) in [6, 6.07) is 0. The van der Waals surface area contributed by atoms with E-state index in [2.05, 4.69) is 0 Å². The molecule has 0 aromatic carbocycles. The van der Waals surface area contributed by atoms with Crippen LogP contribution in [0.15, 0.2) is 0 Å². The zero-order valence-electron chi connectivity index (χ0n) is 11.9. The zero-order chi connectivity index (χ0) is 14.3. The molecular formula is C13H24O5. The van der Waals surface area contributed by atoms with E-state index in [0.717, 1.165) is 0 Å². The van der Waals surface area contributed by atoms with Gasteiger partial charge in [0.15, 0.2) is 5.92 Å². The van der Waals surface area contributed by atoms with Gasteiger partial charge in [0.05, 0.1) is 18.8 Å². The Bertz CT molecular complexity index is 265. The van der Waals surface area contributed by atoms with Crippen molar-refractivity contribution in [1.29, 1.82) is 0 Å².